The number of nitrogens with one attached hydrogen (secondary N) is 1. The highest BCUT2D eigenvalue weighted by Gasteiger charge is 2.27. The number of aromatic nitrogens is 1. The summed E-state index contributed by atoms with van der Waals surface area (Å²) in [6.07, 6.45) is 2.29. The van der Waals surface area contributed by atoms with E-state index in [1.54, 1.807) is 6.92 Å². The number of hydrogen-bond donors (Lipinski definition) is 2. The molecule has 0 aromatic carbocycles. The molecule has 1 aliphatic rings. The fraction of sp³-hybridized carbons (Fsp3) is 0.700. The van der Waals surface area contributed by atoms with E-state index >= 15 is 0 Å². The Morgan fingerprint density at radius 2 is 2.00 bits per heavy atom. The number of thiazole rings is 1. The number of rotatable bonds is 3. The van der Waals surface area contributed by atoms with Gasteiger partial charge in [-0.25, -0.2) is 18.1 Å². The van der Waals surface area contributed by atoms with Gasteiger partial charge in [0.25, 0.3) is 10.0 Å². The van der Waals surface area contributed by atoms with Gasteiger partial charge in [0.1, 0.15) is 0 Å². The van der Waals surface area contributed by atoms with Crippen molar-refractivity contribution in [3.63, 3.8) is 0 Å². The molecular weight excluding hydrogens is 296 g/mol. The van der Waals surface area contributed by atoms with E-state index in [1.165, 1.54) is 0 Å². The third-order valence-corrected chi connectivity index (χ3v) is 6.38. The van der Waals surface area contributed by atoms with Gasteiger partial charge in [0.05, 0.1) is 11.8 Å². The van der Waals surface area contributed by atoms with Crippen molar-refractivity contribution < 1.29 is 13.5 Å². The van der Waals surface area contributed by atoms with Crippen LogP contribution in [0.5, 0.6) is 0 Å². The first-order valence-electron chi connectivity index (χ1n) is 5.72. The number of sulfonamides is 1. The van der Waals surface area contributed by atoms with Crippen molar-refractivity contribution in [2.24, 2.45) is 0 Å². The van der Waals surface area contributed by atoms with E-state index in [1.807, 2.05) is 0 Å². The molecule has 0 spiro atoms. The Kier molecular flexibility index (Phi) is 4.28. The first-order valence-corrected chi connectivity index (χ1v) is 8.39. The van der Waals surface area contributed by atoms with Crippen LogP contribution < -0.4 is 4.72 Å². The van der Waals surface area contributed by atoms with Crippen molar-refractivity contribution in [1.29, 1.82) is 0 Å². The van der Waals surface area contributed by atoms with Crippen LogP contribution in [0.2, 0.25) is 4.47 Å². The van der Waals surface area contributed by atoms with Crippen molar-refractivity contribution in [2.45, 2.75) is 49.0 Å². The fourth-order valence-corrected chi connectivity index (χ4v) is 5.13. The summed E-state index contributed by atoms with van der Waals surface area (Å²) >= 11 is 6.68. The molecule has 1 saturated carbocycles. The predicted octanol–water partition coefficient (Wildman–Crippen LogP) is 1.69. The van der Waals surface area contributed by atoms with E-state index in [2.05, 4.69) is 9.71 Å². The lowest BCUT2D eigenvalue weighted by molar-refractivity contribution is 0.120. The quantitative estimate of drug-likeness (QED) is 0.890. The van der Waals surface area contributed by atoms with Crippen molar-refractivity contribution in [3.05, 3.63) is 10.2 Å². The Balaban J connectivity index is 2.10. The van der Waals surface area contributed by atoms with E-state index < -0.39 is 10.0 Å². The molecule has 0 amide bonds. The maximum Gasteiger partial charge on any atom is 0.252 e. The number of aliphatic hydroxyl groups is 1. The maximum absolute atomic E-state index is 12.2. The average Bonchev–Trinajstić information content (AvgIpc) is 2.62. The summed E-state index contributed by atoms with van der Waals surface area (Å²) in [6.45, 7) is 1.63. The maximum atomic E-state index is 12.2. The van der Waals surface area contributed by atoms with E-state index in [9.17, 15) is 13.5 Å². The topological polar surface area (TPSA) is 79.3 Å². The number of nitrogens with zero attached hydrogens (tertiary/aromatic N) is 1. The molecule has 18 heavy (non-hydrogen) atoms. The lowest BCUT2D eigenvalue weighted by Crippen LogP contribution is -2.38. The standard InChI is InChI=1S/C10H15ClN2O3S2/c1-6-9(17-10(11)12-6)18(15,16)13-7-2-4-8(14)5-3-7/h7-8,13-14H,2-5H2,1H3. The molecule has 0 bridgehead atoms. The molecule has 1 fully saturated rings. The molecule has 1 heterocycles. The Morgan fingerprint density at radius 1 is 1.39 bits per heavy atom. The summed E-state index contributed by atoms with van der Waals surface area (Å²) in [5.74, 6) is 0. The van der Waals surface area contributed by atoms with Gasteiger partial charge in [-0.3, -0.25) is 0 Å². The zero-order valence-corrected chi connectivity index (χ0v) is 12.3. The Hall–Kier alpha value is -0.210. The molecule has 2 N–H and O–H groups in total. The smallest absolute Gasteiger partial charge is 0.252 e. The molecule has 2 rings (SSSR count). The summed E-state index contributed by atoms with van der Waals surface area (Å²) in [5, 5.41) is 9.39. The molecule has 1 aromatic rings. The van der Waals surface area contributed by atoms with Crippen LogP contribution in [0.15, 0.2) is 4.21 Å². The molecule has 0 unspecified atom stereocenters. The van der Waals surface area contributed by atoms with Crippen molar-refractivity contribution in [3.8, 4) is 0 Å². The zero-order chi connectivity index (χ0) is 13.3. The highest BCUT2D eigenvalue weighted by Crippen LogP contribution is 2.28. The molecular formula is C10H15ClN2O3S2. The van der Waals surface area contributed by atoms with Gasteiger partial charge in [-0.2, -0.15) is 0 Å². The van der Waals surface area contributed by atoms with Crippen LogP contribution in [0, 0.1) is 6.92 Å². The van der Waals surface area contributed by atoms with Crippen LogP contribution in [0.1, 0.15) is 31.4 Å². The zero-order valence-electron chi connectivity index (χ0n) is 9.89. The average molecular weight is 311 g/mol. The third kappa shape index (κ3) is 3.21. The highest BCUT2D eigenvalue weighted by atomic mass is 35.5. The van der Waals surface area contributed by atoms with E-state index in [4.69, 9.17) is 11.6 Å². The summed E-state index contributed by atoms with van der Waals surface area (Å²) in [5.41, 5.74) is 0.424. The normalized spacial score (nSPS) is 25.3. The van der Waals surface area contributed by atoms with Gasteiger partial charge >= 0.3 is 0 Å². The van der Waals surface area contributed by atoms with Crippen LogP contribution in [-0.4, -0.2) is 30.7 Å². The second-order valence-corrected chi connectivity index (χ2v) is 7.96. The summed E-state index contributed by atoms with van der Waals surface area (Å²) < 4.78 is 27.4. The second kappa shape index (κ2) is 5.42. The van der Waals surface area contributed by atoms with Crippen molar-refractivity contribution in [1.82, 2.24) is 9.71 Å². The molecule has 1 aromatic heterocycles. The number of aryl methyl sites for hydroxylation is 1. The first-order chi connectivity index (χ1) is 8.38. The lowest BCUT2D eigenvalue weighted by Gasteiger charge is -2.25. The van der Waals surface area contributed by atoms with Crippen molar-refractivity contribution in [2.75, 3.05) is 0 Å². The minimum Gasteiger partial charge on any atom is -0.393 e. The van der Waals surface area contributed by atoms with Crippen LogP contribution in [0.3, 0.4) is 0 Å². The number of aliphatic hydroxyl groups excluding tert-OH is 1. The predicted molar refractivity (Wildman–Crippen MR) is 70.4 cm³/mol. The van der Waals surface area contributed by atoms with E-state index in [0.29, 0.717) is 31.4 Å². The lowest BCUT2D eigenvalue weighted by atomic mass is 9.94. The summed E-state index contributed by atoms with van der Waals surface area (Å²) in [4.78, 5) is 3.91. The minimum atomic E-state index is -3.55. The monoisotopic (exact) mass is 310 g/mol. The van der Waals surface area contributed by atoms with Gasteiger partial charge in [-0.15, -0.1) is 0 Å². The van der Waals surface area contributed by atoms with Crippen LogP contribution >= 0.6 is 22.9 Å². The molecule has 0 radical (unpaired) electrons. The largest absolute Gasteiger partial charge is 0.393 e. The summed E-state index contributed by atoms with van der Waals surface area (Å²) in [7, 11) is -3.55. The molecule has 0 saturated heterocycles. The van der Waals surface area contributed by atoms with Gasteiger partial charge < -0.3 is 5.11 Å². The summed E-state index contributed by atoms with van der Waals surface area (Å²) in [6, 6.07) is -0.112. The number of halogens is 1. The third-order valence-electron chi connectivity index (χ3n) is 2.99. The van der Waals surface area contributed by atoms with Crippen LogP contribution in [-0.2, 0) is 10.0 Å². The van der Waals surface area contributed by atoms with Gasteiger partial charge in [-0.05, 0) is 32.6 Å². The van der Waals surface area contributed by atoms with Crippen LogP contribution in [0.4, 0.5) is 0 Å². The first kappa shape index (κ1) is 14.2. The van der Waals surface area contributed by atoms with E-state index in [-0.39, 0.29) is 20.8 Å². The SMILES string of the molecule is Cc1nc(Cl)sc1S(=O)(=O)NC1CCC(O)CC1. The minimum absolute atomic E-state index is 0.112. The van der Waals surface area contributed by atoms with Gasteiger partial charge in [0.15, 0.2) is 8.68 Å². The Morgan fingerprint density at radius 3 is 2.50 bits per heavy atom. The van der Waals surface area contributed by atoms with E-state index in [0.717, 1.165) is 11.3 Å². The number of hydrogen-bond acceptors (Lipinski definition) is 5. The Labute approximate surface area is 115 Å². The molecule has 102 valence electrons. The Bertz CT molecular complexity index is 521. The molecule has 0 atom stereocenters. The van der Waals surface area contributed by atoms with Gasteiger partial charge in [0, 0.05) is 6.04 Å². The molecule has 1 aliphatic carbocycles. The highest BCUT2D eigenvalue weighted by molar-refractivity contribution is 7.91. The van der Waals surface area contributed by atoms with Crippen LogP contribution in [0.25, 0.3) is 0 Å². The van der Waals surface area contributed by atoms with Gasteiger partial charge in [0.2, 0.25) is 0 Å². The fourth-order valence-electron chi connectivity index (χ4n) is 2.07. The molecule has 8 heteroatoms. The molecule has 5 nitrogen and oxygen atoms in total. The van der Waals surface area contributed by atoms with Crippen molar-refractivity contribution >= 4 is 33.0 Å². The van der Waals surface area contributed by atoms with Gasteiger partial charge in [-0.1, -0.05) is 22.9 Å². The molecule has 0 aliphatic heterocycles. The second-order valence-electron chi connectivity index (χ2n) is 4.47.